The van der Waals surface area contributed by atoms with Crippen molar-refractivity contribution in [2.75, 3.05) is 10.5 Å². The van der Waals surface area contributed by atoms with Gasteiger partial charge in [0.2, 0.25) is 0 Å². The van der Waals surface area contributed by atoms with Crippen LogP contribution in [0.5, 0.6) is 0 Å². The summed E-state index contributed by atoms with van der Waals surface area (Å²) in [5, 5.41) is 0.105. The second kappa shape index (κ2) is 6.36. The fourth-order valence-electron chi connectivity index (χ4n) is 1.82. The van der Waals surface area contributed by atoms with Gasteiger partial charge in [0, 0.05) is 5.69 Å². The third-order valence-electron chi connectivity index (χ3n) is 2.81. The zero-order chi connectivity index (χ0) is 17.3. The molecular formula is C13H13ClN2O5S2. The normalized spacial score (nSPS) is 12.1. The predicted molar refractivity (Wildman–Crippen MR) is 88.4 cm³/mol. The molecule has 0 aromatic heterocycles. The van der Waals surface area contributed by atoms with Gasteiger partial charge in [0.15, 0.2) is 0 Å². The monoisotopic (exact) mass is 376 g/mol. The van der Waals surface area contributed by atoms with Crippen molar-refractivity contribution >= 4 is 43.1 Å². The van der Waals surface area contributed by atoms with E-state index in [0.29, 0.717) is 0 Å². The topological polar surface area (TPSA) is 127 Å². The number of nitrogens with two attached hydrogens (primary N) is 1. The Bertz CT molecular complexity index is 943. The largest absolute Gasteiger partial charge is 0.398 e. The fourth-order valence-corrected chi connectivity index (χ4v) is 3.75. The molecule has 0 heterocycles. The van der Waals surface area contributed by atoms with Gasteiger partial charge < -0.3 is 5.73 Å². The molecule has 2 aromatic rings. The first-order valence-corrected chi connectivity index (χ1v) is 9.66. The number of halogens is 1. The first-order chi connectivity index (χ1) is 10.6. The van der Waals surface area contributed by atoms with Gasteiger partial charge in [0.25, 0.3) is 20.1 Å². The van der Waals surface area contributed by atoms with Crippen molar-refractivity contribution < 1.29 is 21.4 Å². The molecule has 0 amide bonds. The lowest BCUT2D eigenvalue weighted by atomic mass is 10.2. The lowest BCUT2D eigenvalue weighted by Gasteiger charge is -2.10. The molecule has 124 valence electrons. The lowest BCUT2D eigenvalue weighted by molar-refractivity contribution is 0.482. The maximum Gasteiger partial charge on any atom is 0.269 e. The highest BCUT2D eigenvalue weighted by Crippen LogP contribution is 2.24. The van der Waals surface area contributed by atoms with Gasteiger partial charge in [0.1, 0.15) is 5.75 Å². The zero-order valence-corrected chi connectivity index (χ0v) is 14.0. The Morgan fingerprint density at radius 1 is 1.09 bits per heavy atom. The van der Waals surface area contributed by atoms with Gasteiger partial charge in [0.05, 0.1) is 15.6 Å². The summed E-state index contributed by atoms with van der Waals surface area (Å²) in [7, 11) is -8.12. The average Bonchev–Trinajstić information content (AvgIpc) is 2.39. The van der Waals surface area contributed by atoms with E-state index in [1.165, 1.54) is 42.5 Å². The van der Waals surface area contributed by atoms with Crippen LogP contribution in [0.15, 0.2) is 47.4 Å². The minimum absolute atomic E-state index is 0.0862. The van der Waals surface area contributed by atoms with Gasteiger partial charge in [-0.3, -0.25) is 9.27 Å². The molecule has 0 saturated carbocycles. The zero-order valence-electron chi connectivity index (χ0n) is 11.6. The van der Waals surface area contributed by atoms with Crippen LogP contribution in [-0.2, 0) is 25.9 Å². The number of sulfonamides is 1. The molecule has 0 aliphatic carbocycles. The summed E-state index contributed by atoms with van der Waals surface area (Å²) in [6.07, 6.45) is 0. The molecule has 0 spiro atoms. The molecular weight excluding hydrogens is 364 g/mol. The van der Waals surface area contributed by atoms with E-state index in [0.717, 1.165) is 0 Å². The summed E-state index contributed by atoms with van der Waals surface area (Å²) in [6.45, 7) is 0. The Balaban J connectivity index is 2.30. The van der Waals surface area contributed by atoms with Crippen LogP contribution in [0.2, 0.25) is 5.02 Å². The summed E-state index contributed by atoms with van der Waals surface area (Å²) in [5.41, 5.74) is 6.18. The van der Waals surface area contributed by atoms with Crippen LogP contribution >= 0.6 is 11.6 Å². The van der Waals surface area contributed by atoms with Crippen LogP contribution in [0.4, 0.5) is 11.4 Å². The van der Waals surface area contributed by atoms with Crippen LogP contribution in [0.1, 0.15) is 5.56 Å². The summed E-state index contributed by atoms with van der Waals surface area (Å²) in [6, 6.07) is 9.55. The van der Waals surface area contributed by atoms with E-state index in [9.17, 15) is 16.8 Å². The minimum atomic E-state index is -4.21. The van der Waals surface area contributed by atoms with Crippen molar-refractivity contribution in [3.05, 3.63) is 53.1 Å². The highest BCUT2D eigenvalue weighted by molar-refractivity contribution is 7.92. The number of nitrogen functional groups attached to an aromatic ring is 1. The fraction of sp³-hybridized carbons (Fsp3) is 0.0769. The van der Waals surface area contributed by atoms with Crippen LogP contribution in [-0.4, -0.2) is 21.4 Å². The maximum atomic E-state index is 12.3. The second-order valence-corrected chi connectivity index (χ2v) is 8.26. The Hall–Kier alpha value is -1.81. The molecule has 10 heteroatoms. The Morgan fingerprint density at radius 2 is 1.78 bits per heavy atom. The molecule has 0 bridgehead atoms. The molecule has 7 nitrogen and oxygen atoms in total. The lowest BCUT2D eigenvalue weighted by Crippen LogP contribution is -2.13. The second-order valence-electron chi connectivity index (χ2n) is 4.72. The summed E-state index contributed by atoms with van der Waals surface area (Å²) in [4.78, 5) is -0.0862. The molecule has 0 atom stereocenters. The maximum absolute atomic E-state index is 12.3. The molecule has 0 unspecified atom stereocenters. The molecule has 0 fully saturated rings. The SMILES string of the molecule is Nc1ccc(S(=O)(=O)Nc2cccc(CS(=O)(=O)O)c2)cc1Cl. The molecule has 23 heavy (non-hydrogen) atoms. The number of hydrogen-bond donors (Lipinski definition) is 3. The van der Waals surface area contributed by atoms with Crippen molar-refractivity contribution in [2.24, 2.45) is 0 Å². The quantitative estimate of drug-likeness (QED) is 0.541. The van der Waals surface area contributed by atoms with Crippen LogP contribution in [0.25, 0.3) is 0 Å². The smallest absolute Gasteiger partial charge is 0.269 e. The third-order valence-corrected chi connectivity index (χ3v) is 5.21. The number of benzene rings is 2. The van der Waals surface area contributed by atoms with E-state index in [1.807, 2.05) is 0 Å². The van der Waals surface area contributed by atoms with E-state index >= 15 is 0 Å². The summed E-state index contributed by atoms with van der Waals surface area (Å²) >= 11 is 5.81. The van der Waals surface area contributed by atoms with Crippen LogP contribution < -0.4 is 10.5 Å². The summed E-state index contributed by atoms with van der Waals surface area (Å²) < 4.78 is 57.5. The minimum Gasteiger partial charge on any atom is -0.398 e. The number of nitrogens with one attached hydrogen (secondary N) is 1. The van der Waals surface area contributed by atoms with Crippen LogP contribution in [0, 0.1) is 0 Å². The standard InChI is InChI=1S/C13H13ClN2O5S2/c14-12-7-11(4-5-13(12)15)23(20,21)16-10-3-1-2-9(6-10)8-22(17,18)19/h1-7,16H,8,15H2,(H,17,18,19). The molecule has 0 aliphatic heterocycles. The Morgan fingerprint density at radius 3 is 2.39 bits per heavy atom. The van der Waals surface area contributed by atoms with Crippen LogP contribution in [0.3, 0.4) is 0 Å². The van der Waals surface area contributed by atoms with E-state index in [1.54, 1.807) is 0 Å². The van der Waals surface area contributed by atoms with Gasteiger partial charge in [-0.05, 0) is 35.9 Å². The third kappa shape index (κ3) is 4.83. The Kier molecular flexibility index (Phi) is 4.85. The molecule has 0 radical (unpaired) electrons. The van der Waals surface area contributed by atoms with Crippen molar-refractivity contribution in [2.45, 2.75) is 10.6 Å². The first kappa shape index (κ1) is 17.5. The van der Waals surface area contributed by atoms with Gasteiger partial charge in [-0.15, -0.1) is 0 Å². The van der Waals surface area contributed by atoms with Crippen molar-refractivity contribution in [3.63, 3.8) is 0 Å². The molecule has 2 rings (SSSR count). The van der Waals surface area contributed by atoms with Crippen molar-refractivity contribution in [1.29, 1.82) is 0 Å². The number of anilines is 2. The van der Waals surface area contributed by atoms with E-state index in [4.69, 9.17) is 21.9 Å². The Labute approximate surface area is 138 Å². The van der Waals surface area contributed by atoms with E-state index in [-0.39, 0.29) is 26.9 Å². The number of rotatable bonds is 5. The van der Waals surface area contributed by atoms with Gasteiger partial charge in [-0.25, -0.2) is 8.42 Å². The van der Waals surface area contributed by atoms with Gasteiger partial charge >= 0.3 is 0 Å². The van der Waals surface area contributed by atoms with E-state index in [2.05, 4.69) is 4.72 Å². The number of hydrogen-bond acceptors (Lipinski definition) is 5. The van der Waals surface area contributed by atoms with Gasteiger partial charge in [-0.1, -0.05) is 23.7 Å². The van der Waals surface area contributed by atoms with Gasteiger partial charge in [-0.2, -0.15) is 8.42 Å². The molecule has 0 aliphatic rings. The highest BCUT2D eigenvalue weighted by Gasteiger charge is 2.16. The molecule has 0 saturated heterocycles. The van der Waals surface area contributed by atoms with E-state index < -0.39 is 25.9 Å². The summed E-state index contributed by atoms with van der Waals surface area (Å²) in [5.74, 6) is -0.615. The average molecular weight is 377 g/mol. The van der Waals surface area contributed by atoms with Crippen molar-refractivity contribution in [3.8, 4) is 0 Å². The van der Waals surface area contributed by atoms with Crippen molar-refractivity contribution in [1.82, 2.24) is 0 Å². The predicted octanol–water partition coefficient (Wildman–Crippen LogP) is 2.11. The molecule has 4 N–H and O–H groups in total. The molecule has 2 aromatic carbocycles. The highest BCUT2D eigenvalue weighted by atomic mass is 35.5. The first-order valence-electron chi connectivity index (χ1n) is 6.19.